The summed E-state index contributed by atoms with van der Waals surface area (Å²) in [6, 6.07) is 13.3. The average Bonchev–Trinajstić information content (AvgIpc) is 3.31. The van der Waals surface area contributed by atoms with E-state index in [2.05, 4.69) is 21.7 Å². The van der Waals surface area contributed by atoms with E-state index >= 15 is 0 Å². The minimum absolute atomic E-state index is 0.281. The first kappa shape index (κ1) is 29.2. The van der Waals surface area contributed by atoms with Crippen molar-refractivity contribution in [1.29, 1.82) is 5.26 Å². The number of benzene rings is 1. The largest absolute Gasteiger partial charge is 0.444 e. The van der Waals surface area contributed by atoms with Crippen LogP contribution in [0.3, 0.4) is 0 Å². The van der Waals surface area contributed by atoms with Gasteiger partial charge in [0.2, 0.25) is 0 Å². The summed E-state index contributed by atoms with van der Waals surface area (Å²) in [6.45, 7) is 10.9. The molecular weight excluding hydrogens is 528 g/mol. The average molecular weight is 565 g/mol. The molecule has 11 heteroatoms. The third kappa shape index (κ3) is 7.46. The van der Waals surface area contributed by atoms with Crippen molar-refractivity contribution in [3.05, 3.63) is 64.5 Å². The number of rotatable bonds is 5. The minimum atomic E-state index is -0.581. The molecule has 2 N–H and O–H groups in total. The van der Waals surface area contributed by atoms with Crippen LogP contribution in [0.25, 0.3) is 10.6 Å². The van der Waals surface area contributed by atoms with Crippen molar-refractivity contribution in [2.45, 2.75) is 51.8 Å². The number of carbonyl (C=O) groups is 2. The second-order valence-electron chi connectivity index (χ2n) is 10.9. The predicted octanol–water partition coefficient (Wildman–Crippen LogP) is 4.29. The molecule has 2 atom stereocenters. The molecule has 2 aromatic rings. The number of nitrogens with zero attached hydrogens (tertiary/aromatic N) is 4. The van der Waals surface area contributed by atoms with Crippen molar-refractivity contribution in [2.24, 2.45) is 0 Å². The zero-order chi connectivity index (χ0) is 29.0. The molecule has 0 aliphatic carbocycles. The highest BCUT2D eigenvalue weighted by Crippen LogP contribution is 2.41. The standard InChI is InChI=1S/C29H36N6O4S/c1-18-12-22(13-19(2)31-18)25-24(21-9-7-8-20(14-21)15-30)32-26(40-25)33-27(36)34(6)16-23-17-35(10-11-38-23)28(37)39-29(3,4)5/h7-9,12-14,23,26,32H,10-11,16-17H2,1-6H3,(H,33,36)/t23-,26?/m0/s1. The van der Waals surface area contributed by atoms with E-state index in [1.807, 2.05) is 65.0 Å². The number of hydrogen-bond donors (Lipinski definition) is 2. The van der Waals surface area contributed by atoms with Gasteiger partial charge in [-0.1, -0.05) is 23.9 Å². The van der Waals surface area contributed by atoms with Gasteiger partial charge in [0.1, 0.15) is 5.60 Å². The van der Waals surface area contributed by atoms with Crippen LogP contribution in [-0.2, 0) is 9.47 Å². The van der Waals surface area contributed by atoms with Crippen LogP contribution in [0, 0.1) is 25.2 Å². The Morgan fingerprint density at radius 1 is 1.25 bits per heavy atom. The summed E-state index contributed by atoms with van der Waals surface area (Å²) in [6.07, 6.45) is -0.713. The number of nitrogens with one attached hydrogen (secondary N) is 2. The molecule has 3 heterocycles. The Bertz CT molecular complexity index is 1330. The van der Waals surface area contributed by atoms with Crippen LogP contribution in [0.15, 0.2) is 36.4 Å². The number of amides is 3. The van der Waals surface area contributed by atoms with Gasteiger partial charge in [0.05, 0.1) is 43.1 Å². The zero-order valence-electron chi connectivity index (χ0n) is 23.8. The van der Waals surface area contributed by atoms with Crippen molar-refractivity contribution in [3.8, 4) is 6.07 Å². The maximum absolute atomic E-state index is 13.2. The molecule has 2 aliphatic rings. The Morgan fingerprint density at radius 3 is 2.65 bits per heavy atom. The number of urea groups is 1. The van der Waals surface area contributed by atoms with E-state index in [1.165, 1.54) is 11.8 Å². The number of carbonyl (C=O) groups excluding carboxylic acids is 2. The molecule has 212 valence electrons. The third-order valence-electron chi connectivity index (χ3n) is 6.23. The number of pyridine rings is 1. The molecule has 1 fully saturated rings. The van der Waals surface area contributed by atoms with Crippen molar-refractivity contribution in [3.63, 3.8) is 0 Å². The molecule has 4 rings (SSSR count). The monoisotopic (exact) mass is 564 g/mol. The van der Waals surface area contributed by atoms with Gasteiger partial charge >= 0.3 is 12.1 Å². The van der Waals surface area contributed by atoms with Crippen molar-refractivity contribution >= 4 is 34.5 Å². The Kier molecular flexibility index (Phi) is 8.91. The summed E-state index contributed by atoms with van der Waals surface area (Å²) in [5, 5.41) is 15.9. The number of thioether (sulfide) groups is 1. The fourth-order valence-corrected chi connectivity index (χ4v) is 5.66. The fourth-order valence-electron chi connectivity index (χ4n) is 4.54. The maximum Gasteiger partial charge on any atom is 0.410 e. The highest BCUT2D eigenvalue weighted by Gasteiger charge is 2.32. The molecule has 0 saturated carbocycles. The first-order valence-corrected chi connectivity index (χ1v) is 14.0. The molecule has 0 bridgehead atoms. The second-order valence-corrected chi connectivity index (χ2v) is 12.0. The Morgan fingerprint density at radius 2 is 1.98 bits per heavy atom. The van der Waals surface area contributed by atoms with Gasteiger partial charge in [-0.15, -0.1) is 0 Å². The van der Waals surface area contributed by atoms with Gasteiger partial charge in [-0.3, -0.25) is 4.98 Å². The fraction of sp³-hybridized carbons (Fsp3) is 0.448. The van der Waals surface area contributed by atoms with Crippen LogP contribution >= 0.6 is 11.8 Å². The number of hydrogen-bond acceptors (Lipinski definition) is 8. The maximum atomic E-state index is 13.2. The van der Waals surface area contributed by atoms with Gasteiger partial charge < -0.3 is 29.9 Å². The molecule has 10 nitrogen and oxygen atoms in total. The van der Waals surface area contributed by atoms with Crippen LogP contribution < -0.4 is 10.6 Å². The minimum Gasteiger partial charge on any atom is -0.444 e. The highest BCUT2D eigenvalue weighted by atomic mass is 32.2. The highest BCUT2D eigenvalue weighted by molar-refractivity contribution is 8.09. The normalized spacial score (nSPS) is 19.1. The molecule has 3 amide bonds. The molecule has 0 spiro atoms. The number of aromatic nitrogens is 1. The SMILES string of the molecule is Cc1cc(C2=C(c3cccc(C#N)c3)NC(NC(=O)N(C)C[C@H]3CN(C(=O)OC(C)(C)C)CCO3)S2)cc(C)n1. The first-order chi connectivity index (χ1) is 18.9. The summed E-state index contributed by atoms with van der Waals surface area (Å²) in [4.78, 5) is 34.3. The summed E-state index contributed by atoms with van der Waals surface area (Å²) in [5.74, 6) is 0. The number of morpholine rings is 1. The van der Waals surface area contributed by atoms with Gasteiger partial charge in [-0.05, 0) is 64.4 Å². The topological polar surface area (TPSA) is 120 Å². The summed E-state index contributed by atoms with van der Waals surface area (Å²) in [7, 11) is 1.70. The Labute approximate surface area is 239 Å². The molecule has 1 aromatic heterocycles. The lowest BCUT2D eigenvalue weighted by Gasteiger charge is -2.35. The van der Waals surface area contributed by atoms with Crippen LogP contribution in [0.1, 0.15) is 48.8 Å². The van der Waals surface area contributed by atoms with Crippen LogP contribution in [0.4, 0.5) is 9.59 Å². The molecule has 1 aromatic carbocycles. The molecule has 1 unspecified atom stereocenters. The molecule has 2 aliphatic heterocycles. The lowest BCUT2D eigenvalue weighted by atomic mass is 10.1. The van der Waals surface area contributed by atoms with E-state index < -0.39 is 11.1 Å². The van der Waals surface area contributed by atoms with Crippen LogP contribution in [-0.4, -0.2) is 77.4 Å². The quantitative estimate of drug-likeness (QED) is 0.552. The number of nitriles is 1. The Hall–Kier alpha value is -3.75. The second kappa shape index (κ2) is 12.2. The van der Waals surface area contributed by atoms with E-state index in [-0.39, 0.29) is 18.2 Å². The summed E-state index contributed by atoms with van der Waals surface area (Å²) < 4.78 is 11.3. The lowest BCUT2D eigenvalue weighted by Crippen LogP contribution is -2.53. The molecular formula is C29H36N6O4S. The van der Waals surface area contributed by atoms with Gasteiger partial charge in [-0.2, -0.15) is 5.26 Å². The van der Waals surface area contributed by atoms with E-state index in [0.29, 0.717) is 31.8 Å². The smallest absolute Gasteiger partial charge is 0.410 e. The van der Waals surface area contributed by atoms with Gasteiger partial charge in [0.25, 0.3) is 0 Å². The van der Waals surface area contributed by atoms with E-state index in [0.717, 1.165) is 33.1 Å². The predicted molar refractivity (Wildman–Crippen MR) is 155 cm³/mol. The van der Waals surface area contributed by atoms with E-state index in [9.17, 15) is 14.9 Å². The van der Waals surface area contributed by atoms with E-state index in [4.69, 9.17) is 9.47 Å². The number of ether oxygens (including phenoxy) is 2. The lowest BCUT2D eigenvalue weighted by molar-refractivity contribution is -0.0473. The van der Waals surface area contributed by atoms with Gasteiger partial charge in [-0.25, -0.2) is 9.59 Å². The summed E-state index contributed by atoms with van der Waals surface area (Å²) >= 11 is 1.50. The Balaban J connectivity index is 1.44. The van der Waals surface area contributed by atoms with Crippen molar-refractivity contribution in [2.75, 3.05) is 33.3 Å². The van der Waals surface area contributed by atoms with Gasteiger partial charge in [0, 0.05) is 35.4 Å². The molecule has 40 heavy (non-hydrogen) atoms. The van der Waals surface area contributed by atoms with Crippen molar-refractivity contribution in [1.82, 2.24) is 25.4 Å². The third-order valence-corrected chi connectivity index (χ3v) is 7.38. The van der Waals surface area contributed by atoms with Gasteiger partial charge in [0.15, 0.2) is 5.50 Å². The van der Waals surface area contributed by atoms with Crippen LogP contribution in [0.2, 0.25) is 0 Å². The molecule has 1 saturated heterocycles. The van der Waals surface area contributed by atoms with E-state index in [1.54, 1.807) is 22.9 Å². The van der Waals surface area contributed by atoms with Crippen LogP contribution in [0.5, 0.6) is 0 Å². The number of aryl methyl sites for hydroxylation is 2. The summed E-state index contributed by atoms with van der Waals surface area (Å²) in [5.41, 5.74) is 4.01. The van der Waals surface area contributed by atoms with Crippen molar-refractivity contribution < 1.29 is 19.1 Å². The first-order valence-electron chi connectivity index (χ1n) is 13.2. The number of likely N-dealkylation sites (N-methyl/N-ethyl adjacent to an activating group) is 1. The zero-order valence-corrected chi connectivity index (χ0v) is 24.6. The molecule has 0 radical (unpaired) electrons.